The molecule has 118 valence electrons. The number of nitrogens with two attached hydrogens (primary N) is 1. The van der Waals surface area contributed by atoms with E-state index in [0.717, 1.165) is 0 Å². The predicted molar refractivity (Wildman–Crippen MR) is 91.1 cm³/mol. The van der Waals surface area contributed by atoms with Gasteiger partial charge in [-0.05, 0) is 54.7 Å². The van der Waals surface area contributed by atoms with E-state index in [9.17, 15) is 13.2 Å². The SMILES string of the molecule is NS(=O)(=O)c1ccc(-n2c(=S)[nH]c3cc(Cl)ccc3c2=O)cc1. The first-order valence-corrected chi connectivity index (χ1v) is 8.68. The van der Waals surface area contributed by atoms with Crippen LogP contribution in [0.1, 0.15) is 0 Å². The molecule has 0 aliphatic heterocycles. The normalized spacial score (nSPS) is 11.7. The van der Waals surface area contributed by atoms with Crippen molar-refractivity contribution in [2.45, 2.75) is 4.90 Å². The maximum absolute atomic E-state index is 12.6. The molecular formula is C14H10ClN3O3S2. The number of rotatable bonds is 2. The number of aromatic nitrogens is 2. The fourth-order valence-corrected chi connectivity index (χ4v) is 3.20. The third-order valence-electron chi connectivity index (χ3n) is 3.28. The number of nitrogens with one attached hydrogen (secondary N) is 1. The Morgan fingerprint density at radius 3 is 2.39 bits per heavy atom. The zero-order valence-corrected chi connectivity index (χ0v) is 13.9. The summed E-state index contributed by atoms with van der Waals surface area (Å²) >= 11 is 11.1. The third kappa shape index (κ3) is 2.93. The number of hydrogen-bond acceptors (Lipinski definition) is 4. The van der Waals surface area contributed by atoms with Gasteiger partial charge in [0, 0.05) is 5.02 Å². The first-order valence-electron chi connectivity index (χ1n) is 6.35. The second kappa shape index (κ2) is 5.57. The van der Waals surface area contributed by atoms with Crippen LogP contribution < -0.4 is 10.7 Å². The fourth-order valence-electron chi connectivity index (χ4n) is 2.21. The van der Waals surface area contributed by atoms with Crippen molar-refractivity contribution in [3.63, 3.8) is 0 Å². The van der Waals surface area contributed by atoms with E-state index in [4.69, 9.17) is 29.0 Å². The Bertz CT molecular complexity index is 1130. The number of sulfonamides is 1. The number of nitrogens with zero attached hydrogens (tertiary/aromatic N) is 1. The Morgan fingerprint density at radius 2 is 1.78 bits per heavy atom. The van der Waals surface area contributed by atoms with Crippen LogP contribution >= 0.6 is 23.8 Å². The molecule has 0 unspecified atom stereocenters. The Balaban J connectivity index is 2.26. The molecule has 9 heteroatoms. The molecule has 0 fully saturated rings. The highest BCUT2D eigenvalue weighted by Crippen LogP contribution is 2.17. The molecule has 3 rings (SSSR count). The first-order chi connectivity index (χ1) is 10.8. The van der Waals surface area contributed by atoms with Crippen LogP contribution in [-0.2, 0) is 10.0 Å². The standard InChI is InChI=1S/C14H10ClN3O3S2/c15-8-1-6-11-12(7-8)17-14(22)18(13(11)19)9-2-4-10(5-3-9)23(16,20)21/h1-7H,(H,17,22)(H2,16,20,21). The molecule has 3 aromatic rings. The van der Waals surface area contributed by atoms with Gasteiger partial charge in [0.15, 0.2) is 4.77 Å². The van der Waals surface area contributed by atoms with Gasteiger partial charge in [-0.3, -0.25) is 9.36 Å². The number of benzene rings is 2. The van der Waals surface area contributed by atoms with Crippen molar-refractivity contribution < 1.29 is 8.42 Å². The minimum atomic E-state index is -3.80. The van der Waals surface area contributed by atoms with Crippen molar-refractivity contribution >= 4 is 44.7 Å². The molecule has 0 radical (unpaired) electrons. The van der Waals surface area contributed by atoms with Gasteiger partial charge in [-0.15, -0.1) is 0 Å². The minimum absolute atomic E-state index is 0.0447. The van der Waals surface area contributed by atoms with Gasteiger partial charge in [0.05, 0.1) is 21.5 Å². The first kappa shape index (κ1) is 15.9. The highest BCUT2D eigenvalue weighted by Gasteiger charge is 2.11. The summed E-state index contributed by atoms with van der Waals surface area (Å²) in [6.07, 6.45) is 0. The minimum Gasteiger partial charge on any atom is -0.331 e. The van der Waals surface area contributed by atoms with Crippen LogP contribution in [0.4, 0.5) is 0 Å². The third-order valence-corrected chi connectivity index (χ3v) is 4.73. The lowest BCUT2D eigenvalue weighted by atomic mass is 10.2. The Labute approximate surface area is 141 Å². The van der Waals surface area contributed by atoms with Crippen molar-refractivity contribution in [1.29, 1.82) is 0 Å². The van der Waals surface area contributed by atoms with Crippen LogP contribution in [-0.4, -0.2) is 18.0 Å². The molecule has 0 atom stereocenters. The van der Waals surface area contributed by atoms with Gasteiger partial charge < -0.3 is 4.98 Å². The smallest absolute Gasteiger partial charge is 0.266 e. The number of fused-ring (bicyclic) bond motifs is 1. The van der Waals surface area contributed by atoms with Crippen LogP contribution in [0.3, 0.4) is 0 Å². The van der Waals surface area contributed by atoms with Gasteiger partial charge >= 0.3 is 0 Å². The lowest BCUT2D eigenvalue weighted by Crippen LogP contribution is -2.20. The molecule has 0 aliphatic rings. The topological polar surface area (TPSA) is 97.9 Å². The molecule has 6 nitrogen and oxygen atoms in total. The Morgan fingerprint density at radius 1 is 1.13 bits per heavy atom. The number of H-pyrrole nitrogens is 1. The zero-order valence-electron chi connectivity index (χ0n) is 11.5. The number of aromatic amines is 1. The summed E-state index contributed by atoms with van der Waals surface area (Å²) in [5, 5.41) is 5.96. The van der Waals surface area contributed by atoms with Crippen LogP contribution in [0.5, 0.6) is 0 Å². The van der Waals surface area contributed by atoms with E-state index in [-0.39, 0.29) is 15.2 Å². The molecule has 2 aromatic carbocycles. The number of hydrogen-bond donors (Lipinski definition) is 2. The highest BCUT2D eigenvalue weighted by atomic mass is 35.5. The molecular weight excluding hydrogens is 358 g/mol. The molecule has 23 heavy (non-hydrogen) atoms. The van der Waals surface area contributed by atoms with Gasteiger partial charge in [0.25, 0.3) is 5.56 Å². The van der Waals surface area contributed by atoms with Gasteiger partial charge in [-0.25, -0.2) is 13.6 Å². The average molecular weight is 368 g/mol. The molecule has 0 saturated carbocycles. The largest absolute Gasteiger partial charge is 0.331 e. The van der Waals surface area contributed by atoms with Gasteiger partial charge in [0.1, 0.15) is 0 Å². The van der Waals surface area contributed by atoms with E-state index in [1.165, 1.54) is 28.8 Å². The van der Waals surface area contributed by atoms with Crippen molar-refractivity contribution in [2.75, 3.05) is 0 Å². The summed E-state index contributed by atoms with van der Waals surface area (Å²) in [6, 6.07) is 10.4. The van der Waals surface area contributed by atoms with Crippen molar-refractivity contribution in [1.82, 2.24) is 9.55 Å². The summed E-state index contributed by atoms with van der Waals surface area (Å²) < 4.78 is 24.0. The summed E-state index contributed by atoms with van der Waals surface area (Å²) in [5.74, 6) is 0. The average Bonchev–Trinajstić information content (AvgIpc) is 2.46. The second-order valence-corrected chi connectivity index (χ2v) is 7.18. The molecule has 1 aromatic heterocycles. The maximum Gasteiger partial charge on any atom is 0.266 e. The summed E-state index contributed by atoms with van der Waals surface area (Å²) in [5.41, 5.74) is 0.633. The van der Waals surface area contributed by atoms with Crippen LogP contribution in [0.15, 0.2) is 52.2 Å². The number of halogens is 1. The fraction of sp³-hybridized carbons (Fsp3) is 0. The molecule has 0 amide bonds. The quantitative estimate of drug-likeness (QED) is 0.679. The second-order valence-electron chi connectivity index (χ2n) is 4.80. The number of primary sulfonamides is 1. The summed E-state index contributed by atoms with van der Waals surface area (Å²) in [6.45, 7) is 0. The molecule has 0 bridgehead atoms. The Hall–Kier alpha value is -2.00. The van der Waals surface area contributed by atoms with Gasteiger partial charge in [0.2, 0.25) is 10.0 Å². The van der Waals surface area contributed by atoms with E-state index >= 15 is 0 Å². The summed E-state index contributed by atoms with van der Waals surface area (Å²) in [7, 11) is -3.80. The van der Waals surface area contributed by atoms with Crippen molar-refractivity contribution in [3.05, 3.63) is 62.6 Å². The predicted octanol–water partition coefficient (Wildman–Crippen LogP) is 2.35. The monoisotopic (exact) mass is 367 g/mol. The molecule has 0 aliphatic carbocycles. The summed E-state index contributed by atoms with van der Waals surface area (Å²) in [4.78, 5) is 15.5. The van der Waals surface area contributed by atoms with Crippen LogP contribution in [0.25, 0.3) is 16.6 Å². The van der Waals surface area contributed by atoms with E-state index in [0.29, 0.717) is 21.6 Å². The van der Waals surface area contributed by atoms with E-state index in [1.807, 2.05) is 0 Å². The molecule has 0 saturated heterocycles. The van der Waals surface area contributed by atoms with Crippen LogP contribution in [0, 0.1) is 4.77 Å². The van der Waals surface area contributed by atoms with Crippen LogP contribution in [0.2, 0.25) is 5.02 Å². The van der Waals surface area contributed by atoms with Crippen molar-refractivity contribution in [2.24, 2.45) is 5.14 Å². The van der Waals surface area contributed by atoms with Gasteiger partial charge in [-0.1, -0.05) is 11.6 Å². The lowest BCUT2D eigenvalue weighted by molar-refractivity contribution is 0.598. The molecule has 0 spiro atoms. The highest BCUT2D eigenvalue weighted by molar-refractivity contribution is 7.89. The Kier molecular flexibility index (Phi) is 3.85. The molecule has 3 N–H and O–H groups in total. The van der Waals surface area contributed by atoms with Crippen molar-refractivity contribution in [3.8, 4) is 5.69 Å². The van der Waals surface area contributed by atoms with E-state index < -0.39 is 10.0 Å². The van der Waals surface area contributed by atoms with E-state index in [2.05, 4.69) is 4.98 Å². The maximum atomic E-state index is 12.6. The zero-order chi connectivity index (χ0) is 16.8. The van der Waals surface area contributed by atoms with Gasteiger partial charge in [-0.2, -0.15) is 0 Å². The molecule has 1 heterocycles. The lowest BCUT2D eigenvalue weighted by Gasteiger charge is -2.09. The van der Waals surface area contributed by atoms with E-state index in [1.54, 1.807) is 18.2 Å².